The normalized spacial score (nSPS) is 10.7. The van der Waals surface area contributed by atoms with Gasteiger partial charge in [0, 0.05) is 105 Å². The summed E-state index contributed by atoms with van der Waals surface area (Å²) >= 11 is 0. The number of ether oxygens (including phenoxy) is 12. The molecule has 0 aliphatic carbocycles. The number of rotatable bonds is 36. The minimum atomic E-state index is -0.833. The van der Waals surface area contributed by atoms with Crippen LogP contribution < -0.4 is 103 Å². The van der Waals surface area contributed by atoms with Gasteiger partial charge in [-0.3, -0.25) is 4.68 Å². The minimum Gasteiger partial charge on any atom is -0.493 e. The van der Waals surface area contributed by atoms with Gasteiger partial charge in [0.15, 0.2) is 64.4 Å². The molecule has 0 bridgehead atoms. The number of alkyl halides is 2. The van der Waals surface area contributed by atoms with Crippen molar-refractivity contribution in [2.75, 3.05) is 129 Å². The van der Waals surface area contributed by atoms with Crippen molar-refractivity contribution in [3.05, 3.63) is 153 Å². The Bertz CT molecular complexity index is 4680. The standard InChI is InChI=1S/C19H25N7O3.C18H22FN7O3.C18H24N8O3.C17H21FN8O3/c1-4-26-11-14(24-25-26)5-6-29-17-15(27-2)8-12(9-16(17)28-3)7-13-10-22-19(21)23-18(13)20;1-27-14-6-11(5-12-8-22-18(21)23-17(12)20)7-15(28-2)16(14)29-4-3-13-9-26(10-19)25-24-13;1-4-26-24-15(23-25-26)5-6-29-16-13(27-2)8-11(9-14(16)28-3)7-12-10-21-18(20)22-17(12)19;1-27-12-6-10(5-11-8-14(19)22-17(20)21-11)7-13(28-2)16(12)29-4-3-15-23-25-26(9-18)24-15/h8-11H,4-7H2,1-3H3,(H4,20,21,22,23);6-9H,3-5,10H2,1-2H3,(H4,20,21,22,23);8-10H,4-7H2,1-3H3,(H4,19,20,21,22);6-8H,3-5,9H2,1-2H3,(H4,19,20,21,22)/i;19-1;;18-1. The monoisotopic (exact) mass is 1600 g/mol. The van der Waals surface area contributed by atoms with Gasteiger partial charge in [0.25, 0.3) is 0 Å². The number of nitrogen functional groups attached to an aromatic ring is 8. The van der Waals surface area contributed by atoms with Gasteiger partial charge in [-0.2, -0.15) is 24.7 Å². The number of nitrogens with zero attached hydrogens (tertiary/aromatic N) is 22. The highest BCUT2D eigenvalue weighted by molar-refractivity contribution is 5.59. The predicted octanol–water partition coefficient (Wildman–Crippen LogP) is 4.53. The van der Waals surface area contributed by atoms with E-state index in [-0.39, 0.29) is 37.0 Å². The molecule has 0 aliphatic heterocycles. The van der Waals surface area contributed by atoms with E-state index in [1.807, 2.05) is 68.6 Å². The van der Waals surface area contributed by atoms with E-state index in [2.05, 4.69) is 91.3 Å². The number of hydrogen-bond donors (Lipinski definition) is 8. The predicted molar refractivity (Wildman–Crippen MR) is 419 cm³/mol. The lowest BCUT2D eigenvalue weighted by Gasteiger charge is -2.16. The molecule has 0 radical (unpaired) electrons. The molecule has 616 valence electrons. The quantitative estimate of drug-likeness (QED) is 0.0267. The number of aryl methyl sites for hydroxylation is 2. The van der Waals surface area contributed by atoms with Crippen LogP contribution in [-0.4, -0.2) is 194 Å². The Hall–Kier alpha value is -14.5. The lowest BCUT2D eigenvalue weighted by atomic mass is 10.1. The highest BCUT2D eigenvalue weighted by atomic mass is 18.2. The summed E-state index contributed by atoms with van der Waals surface area (Å²) in [6, 6.07) is 16.4. The average Bonchev–Trinajstić information content (AvgIpc) is 0.898. The van der Waals surface area contributed by atoms with E-state index in [1.54, 1.807) is 72.0 Å². The number of tetrazole rings is 2. The van der Waals surface area contributed by atoms with Crippen molar-refractivity contribution in [2.45, 2.75) is 91.9 Å². The third-order valence-electron chi connectivity index (χ3n) is 16.6. The fourth-order valence-electron chi connectivity index (χ4n) is 11.0. The lowest BCUT2D eigenvalue weighted by Crippen LogP contribution is -2.07. The molecule has 4 aromatic carbocycles. The van der Waals surface area contributed by atoms with Gasteiger partial charge >= 0.3 is 0 Å². The van der Waals surface area contributed by atoms with Crippen molar-refractivity contribution < 1.29 is 65.6 Å². The molecule has 0 unspecified atom stereocenters. The third kappa shape index (κ3) is 24.0. The molecule has 0 atom stereocenters. The van der Waals surface area contributed by atoms with Crippen molar-refractivity contribution in [1.29, 1.82) is 0 Å². The van der Waals surface area contributed by atoms with Crippen LogP contribution in [0.5, 0.6) is 69.0 Å². The topological polar surface area (TPSA) is 571 Å². The van der Waals surface area contributed by atoms with Crippen LogP contribution in [0, 0.1) is 0 Å². The number of aromatic nitrogens is 22. The van der Waals surface area contributed by atoms with Crippen LogP contribution in [0.4, 0.5) is 55.8 Å². The second-order valence-corrected chi connectivity index (χ2v) is 24.5. The number of methoxy groups -OCH3 is 8. The second kappa shape index (κ2) is 42.2. The Morgan fingerprint density at radius 2 is 0.672 bits per heavy atom. The molecule has 0 aliphatic rings. The molecule has 8 aromatic heterocycles. The van der Waals surface area contributed by atoms with Crippen LogP contribution in [-0.2, 0) is 78.1 Å². The Kier molecular flexibility index (Phi) is 31.1. The number of anilines is 8. The van der Waals surface area contributed by atoms with Crippen molar-refractivity contribution in [2.24, 2.45) is 0 Å². The van der Waals surface area contributed by atoms with Gasteiger partial charge in [0.1, 0.15) is 23.3 Å². The van der Waals surface area contributed by atoms with Gasteiger partial charge in [-0.15, -0.1) is 35.4 Å². The smallest absolute Gasteiger partial charge is 0.222 e. The summed E-state index contributed by atoms with van der Waals surface area (Å²) in [5.41, 5.74) is 53.8. The van der Waals surface area contributed by atoms with Crippen LogP contribution in [0.2, 0.25) is 0 Å². The van der Waals surface area contributed by atoms with Gasteiger partial charge < -0.3 is 103 Å². The fourth-order valence-corrected chi connectivity index (χ4v) is 11.0. The molecular weight excluding hydrogens is 1510 g/mol. The molecule has 16 N–H and O–H groups in total. The summed E-state index contributed by atoms with van der Waals surface area (Å²) < 4.78 is 95.3. The van der Waals surface area contributed by atoms with Gasteiger partial charge in [0.2, 0.25) is 53.6 Å². The van der Waals surface area contributed by atoms with Crippen molar-refractivity contribution >= 4 is 47.1 Å². The first kappa shape index (κ1) is 85.5. The molecule has 0 saturated carbocycles. The fraction of sp³-hybridized carbons (Fsp3) is 0.361. The van der Waals surface area contributed by atoms with E-state index < -0.39 is 13.6 Å². The molecule has 0 saturated heterocycles. The molecule has 0 fully saturated rings. The largest absolute Gasteiger partial charge is 0.493 e. The van der Waals surface area contributed by atoms with Gasteiger partial charge in [-0.25, -0.2) is 33.4 Å². The average molecular weight is 1610 g/mol. The van der Waals surface area contributed by atoms with E-state index in [9.17, 15) is 8.78 Å². The first-order chi connectivity index (χ1) is 56.1. The summed E-state index contributed by atoms with van der Waals surface area (Å²) in [6.45, 7) is 5.12. The number of hydrogen-bond acceptors (Lipinski definition) is 38. The highest BCUT2D eigenvalue weighted by Gasteiger charge is 2.22. The summed E-state index contributed by atoms with van der Waals surface area (Å²) in [4.78, 5) is 34.4. The van der Waals surface area contributed by atoms with E-state index in [0.29, 0.717) is 186 Å². The van der Waals surface area contributed by atoms with Gasteiger partial charge in [-0.05, 0) is 95.1 Å². The Morgan fingerprint density at radius 1 is 0.336 bits per heavy atom. The molecule has 12 rings (SSSR count). The van der Waals surface area contributed by atoms with Crippen molar-refractivity contribution in [3.8, 4) is 69.0 Å². The molecule has 0 amide bonds. The third-order valence-corrected chi connectivity index (χ3v) is 16.6. The maximum absolute atomic E-state index is 12.5. The maximum atomic E-state index is 12.5. The zero-order chi connectivity index (χ0) is 83.2. The van der Waals surface area contributed by atoms with Crippen molar-refractivity contribution in [3.63, 3.8) is 0 Å². The SMILES string of the molecule is CCn1cc(CCOc2c(OC)cc(Cc3cnc(N)nc3N)cc2OC)nn1.CCn1nnc(CCOc2c(OC)cc(Cc3cnc(N)nc3N)cc2OC)n1.COc1cc(Cc2cc(N)nc(N)n2)cc(OC)c1OCCc1nnn(C[18F])n1.COc1cc(Cc2cnc(N)nc2N)cc(OC)c1OCCc1cn(C[18F])nn1. The van der Waals surface area contributed by atoms with E-state index in [0.717, 1.165) is 60.7 Å². The highest BCUT2D eigenvalue weighted by Crippen LogP contribution is 2.43. The second-order valence-electron chi connectivity index (χ2n) is 24.5. The number of benzene rings is 4. The van der Waals surface area contributed by atoms with Crippen LogP contribution in [0.3, 0.4) is 0 Å². The molecule has 44 heteroatoms. The zero-order valence-corrected chi connectivity index (χ0v) is 65.5. The molecule has 116 heavy (non-hydrogen) atoms. The molecule has 42 nitrogen and oxygen atoms in total. The Labute approximate surface area is 663 Å². The Balaban J connectivity index is 0.000000177. The summed E-state index contributed by atoms with van der Waals surface area (Å²) in [5, 5.41) is 39.0. The molecular formula is C72H92F2N30O12. The first-order valence-corrected chi connectivity index (χ1v) is 35.6. The van der Waals surface area contributed by atoms with Crippen LogP contribution in [0.15, 0.2) is 85.6 Å². The number of nitrogens with two attached hydrogens (primary N) is 8. The van der Waals surface area contributed by atoms with Crippen LogP contribution in [0.1, 0.15) is 81.5 Å². The lowest BCUT2D eigenvalue weighted by molar-refractivity contribution is 0.274. The van der Waals surface area contributed by atoms with E-state index in [1.165, 1.54) is 25.2 Å². The summed E-state index contributed by atoms with van der Waals surface area (Å²) in [6.07, 6.45) is 12.1. The van der Waals surface area contributed by atoms with E-state index in [4.69, 9.17) is 103 Å². The summed E-state index contributed by atoms with van der Waals surface area (Å²) in [7, 11) is 12.4. The summed E-state index contributed by atoms with van der Waals surface area (Å²) in [5.74, 6) is 8.88. The van der Waals surface area contributed by atoms with Gasteiger partial charge in [0.05, 0.1) is 113 Å². The zero-order valence-electron chi connectivity index (χ0n) is 65.5. The minimum absolute atomic E-state index is 0.109. The number of halogens is 2. The Morgan fingerprint density at radius 3 is 0.966 bits per heavy atom. The van der Waals surface area contributed by atoms with Gasteiger partial charge in [-0.1, -0.05) is 10.4 Å². The molecule has 8 heterocycles. The molecule has 12 aromatic rings. The maximum Gasteiger partial charge on any atom is 0.222 e. The van der Waals surface area contributed by atoms with Crippen LogP contribution >= 0.6 is 0 Å². The van der Waals surface area contributed by atoms with Crippen LogP contribution in [0.25, 0.3) is 0 Å². The molecule has 0 spiro atoms. The van der Waals surface area contributed by atoms with Crippen molar-refractivity contribution in [1.82, 2.24) is 110 Å². The first-order valence-electron chi connectivity index (χ1n) is 35.6. The van der Waals surface area contributed by atoms with E-state index >= 15 is 0 Å².